The van der Waals surface area contributed by atoms with E-state index in [1.165, 1.54) is 6.92 Å². The Morgan fingerprint density at radius 3 is 1.56 bits per heavy atom. The molecule has 4 saturated heterocycles. The summed E-state index contributed by atoms with van der Waals surface area (Å²) in [5, 5.41) is 0.853. The highest BCUT2D eigenvalue weighted by molar-refractivity contribution is 6.02. The Morgan fingerprint density at radius 1 is 0.767 bits per heavy atom. The van der Waals surface area contributed by atoms with Crippen LogP contribution in [0.4, 0.5) is 0 Å². The summed E-state index contributed by atoms with van der Waals surface area (Å²) in [5.41, 5.74) is 10.8. The highest BCUT2D eigenvalue weighted by Gasteiger charge is 2.42. The summed E-state index contributed by atoms with van der Waals surface area (Å²) in [7, 11) is 0. The van der Waals surface area contributed by atoms with Gasteiger partial charge in [0.05, 0.1) is 37.8 Å². The minimum Gasteiger partial charge on any atom is -0.352 e. The maximum atomic E-state index is 11.8. The second-order valence-corrected chi connectivity index (χ2v) is 10.9. The van der Waals surface area contributed by atoms with Crippen molar-refractivity contribution in [2.24, 2.45) is 22.8 Å². The predicted molar refractivity (Wildman–Crippen MR) is 143 cm³/mol. The molecule has 0 aromatic rings. The second-order valence-electron chi connectivity index (χ2n) is 10.9. The molecular formula is C27H42N4O12. The lowest BCUT2D eigenvalue weighted by Crippen LogP contribution is -2.52. The summed E-state index contributed by atoms with van der Waals surface area (Å²) in [4.78, 5) is 78.1. The first-order valence-electron chi connectivity index (χ1n) is 14.6. The average Bonchev–Trinajstić information content (AvgIpc) is 3.50. The van der Waals surface area contributed by atoms with E-state index in [2.05, 4.69) is 4.84 Å². The number of rotatable bonds is 12. The highest BCUT2D eigenvalue weighted by atomic mass is 16.7. The molecule has 4 aliphatic rings. The summed E-state index contributed by atoms with van der Waals surface area (Å²) >= 11 is 0. The summed E-state index contributed by atoms with van der Waals surface area (Å²) < 4.78 is 22.9. The third-order valence-electron chi connectivity index (χ3n) is 7.16. The van der Waals surface area contributed by atoms with Crippen LogP contribution in [0.25, 0.3) is 0 Å². The van der Waals surface area contributed by atoms with Crippen LogP contribution in [0.3, 0.4) is 0 Å². The van der Waals surface area contributed by atoms with Crippen molar-refractivity contribution in [3.05, 3.63) is 0 Å². The van der Waals surface area contributed by atoms with Gasteiger partial charge in [-0.25, -0.2) is 9.59 Å². The van der Waals surface area contributed by atoms with Gasteiger partial charge in [-0.3, -0.25) is 19.2 Å². The molecule has 0 aromatic carbocycles. The number of nitrogens with zero attached hydrogens (tertiary/aromatic N) is 2. The van der Waals surface area contributed by atoms with Crippen LogP contribution < -0.4 is 11.5 Å². The Balaban J connectivity index is 0.000000242. The third kappa shape index (κ3) is 10.3. The van der Waals surface area contributed by atoms with Crippen LogP contribution in [0.5, 0.6) is 0 Å². The monoisotopic (exact) mass is 614 g/mol. The largest absolute Gasteiger partial charge is 0.352 e. The molecule has 4 N–H and O–H groups in total. The first-order valence-corrected chi connectivity index (χ1v) is 14.6. The first kappa shape index (κ1) is 34.5. The van der Waals surface area contributed by atoms with Crippen molar-refractivity contribution >= 4 is 35.6 Å². The van der Waals surface area contributed by atoms with Gasteiger partial charge in [-0.1, -0.05) is 6.92 Å². The van der Waals surface area contributed by atoms with Gasteiger partial charge in [0.1, 0.15) is 0 Å². The first-order chi connectivity index (χ1) is 20.6. The van der Waals surface area contributed by atoms with Crippen molar-refractivity contribution in [1.82, 2.24) is 10.1 Å². The molecule has 242 valence electrons. The van der Waals surface area contributed by atoms with E-state index >= 15 is 0 Å². The molecule has 4 fully saturated rings. The maximum Gasteiger partial charge on any atom is 0.335 e. The maximum absolute atomic E-state index is 11.8. The highest BCUT2D eigenvalue weighted by Crippen LogP contribution is 2.31. The van der Waals surface area contributed by atoms with Crippen molar-refractivity contribution in [2.75, 3.05) is 39.5 Å². The molecule has 0 aromatic heterocycles. The van der Waals surface area contributed by atoms with Crippen LogP contribution in [0.1, 0.15) is 71.1 Å². The van der Waals surface area contributed by atoms with Crippen LogP contribution >= 0.6 is 0 Å². The molecule has 43 heavy (non-hydrogen) atoms. The number of carbonyl (C=O) groups excluding carboxylic acids is 6. The van der Waals surface area contributed by atoms with Gasteiger partial charge in [0.25, 0.3) is 23.6 Å². The fraction of sp³-hybridized carbons (Fsp3) is 0.778. The standard InChI is InChI=1S/C14H16N2O8.C13H26N2O4/c1-8(14(22)24-16-11(19)5-6-12(16)20)2-7-13(21)23-15-9(17)3-4-10(15)18;14-5-1-3-11-16-7-13(8-17-11)9-18-12(19-10-13)4-2-6-15/h8H,2-7H2,1H3;11-12H,1-10,14-15H2. The van der Waals surface area contributed by atoms with Crippen molar-refractivity contribution in [2.45, 2.75) is 83.7 Å². The molecule has 0 aliphatic carbocycles. The van der Waals surface area contributed by atoms with Crippen molar-refractivity contribution in [1.29, 1.82) is 0 Å². The molecule has 4 heterocycles. The number of hydroxylamine groups is 4. The van der Waals surface area contributed by atoms with Crippen LogP contribution in [0, 0.1) is 11.3 Å². The Kier molecular flexibility index (Phi) is 13.4. The number of amides is 4. The third-order valence-corrected chi connectivity index (χ3v) is 7.16. The Morgan fingerprint density at radius 2 is 1.16 bits per heavy atom. The van der Waals surface area contributed by atoms with Crippen LogP contribution in [0.2, 0.25) is 0 Å². The number of hydrogen-bond donors (Lipinski definition) is 2. The van der Waals surface area contributed by atoms with Gasteiger partial charge < -0.3 is 40.1 Å². The van der Waals surface area contributed by atoms with Crippen molar-refractivity contribution in [3.8, 4) is 0 Å². The Bertz CT molecular complexity index is 946. The van der Waals surface area contributed by atoms with E-state index < -0.39 is 41.5 Å². The molecule has 1 atom stereocenters. The minimum absolute atomic E-state index is 0.00408. The van der Waals surface area contributed by atoms with Crippen LogP contribution in [-0.4, -0.2) is 97.8 Å². The van der Waals surface area contributed by atoms with Crippen molar-refractivity contribution < 1.29 is 57.4 Å². The normalized spacial score (nSPS) is 26.4. The van der Waals surface area contributed by atoms with E-state index in [0.717, 1.165) is 25.7 Å². The molecule has 1 spiro atoms. The molecule has 16 nitrogen and oxygen atoms in total. The van der Waals surface area contributed by atoms with Gasteiger partial charge in [-0.2, -0.15) is 0 Å². The zero-order chi connectivity index (χ0) is 31.4. The van der Waals surface area contributed by atoms with Gasteiger partial charge in [-0.15, -0.1) is 10.1 Å². The van der Waals surface area contributed by atoms with E-state index in [0.29, 0.717) is 49.6 Å². The number of ether oxygens (including phenoxy) is 4. The summed E-state index contributed by atoms with van der Waals surface area (Å²) in [6.07, 6.45) is 3.04. The fourth-order valence-corrected chi connectivity index (χ4v) is 4.42. The topological polar surface area (TPSA) is 216 Å². The molecular weight excluding hydrogens is 572 g/mol. The molecule has 4 amide bonds. The van der Waals surface area contributed by atoms with Gasteiger partial charge >= 0.3 is 11.9 Å². The lowest BCUT2D eigenvalue weighted by Gasteiger charge is -2.43. The molecule has 0 bridgehead atoms. The van der Waals surface area contributed by atoms with E-state index in [4.69, 9.17) is 35.3 Å². The smallest absolute Gasteiger partial charge is 0.335 e. The van der Waals surface area contributed by atoms with Gasteiger partial charge in [0.15, 0.2) is 12.6 Å². The zero-order valence-electron chi connectivity index (χ0n) is 24.5. The van der Waals surface area contributed by atoms with Gasteiger partial charge in [0, 0.05) is 32.1 Å². The number of nitrogens with two attached hydrogens (primary N) is 2. The van der Waals surface area contributed by atoms with E-state index in [1.807, 2.05) is 0 Å². The second kappa shape index (κ2) is 16.7. The summed E-state index contributed by atoms with van der Waals surface area (Å²) in [6, 6.07) is 0. The molecule has 4 rings (SSSR count). The minimum atomic E-state index is -0.841. The molecule has 1 unspecified atom stereocenters. The van der Waals surface area contributed by atoms with Gasteiger partial charge in [-0.05, 0) is 45.2 Å². The number of carbonyl (C=O) groups is 6. The van der Waals surface area contributed by atoms with E-state index in [1.54, 1.807) is 0 Å². The quantitative estimate of drug-likeness (QED) is 0.273. The lowest BCUT2D eigenvalue weighted by molar-refractivity contribution is -0.304. The molecule has 0 radical (unpaired) electrons. The van der Waals surface area contributed by atoms with E-state index in [9.17, 15) is 28.8 Å². The predicted octanol–water partition coefficient (Wildman–Crippen LogP) is -0.186. The zero-order valence-corrected chi connectivity index (χ0v) is 24.5. The SMILES string of the molecule is CC(CCC(=O)ON1C(=O)CCC1=O)C(=O)ON1C(=O)CCC1=O.NCCCC1OCC2(CO1)COC(CCCN)OC2. The average molecular weight is 615 g/mol. The van der Waals surface area contributed by atoms with Crippen molar-refractivity contribution in [3.63, 3.8) is 0 Å². The van der Waals surface area contributed by atoms with Gasteiger partial charge in [0.2, 0.25) is 0 Å². The van der Waals surface area contributed by atoms with Crippen LogP contribution in [-0.2, 0) is 57.4 Å². The molecule has 16 heteroatoms. The Hall–Kier alpha value is -3.02. The summed E-state index contributed by atoms with van der Waals surface area (Å²) in [6.45, 7) is 5.31. The Labute approximate surface area is 249 Å². The van der Waals surface area contributed by atoms with Crippen LogP contribution in [0.15, 0.2) is 0 Å². The summed E-state index contributed by atoms with van der Waals surface area (Å²) in [5.74, 6) is -4.83. The number of imide groups is 2. The lowest BCUT2D eigenvalue weighted by atomic mass is 9.90. The molecule has 0 saturated carbocycles. The number of hydrogen-bond acceptors (Lipinski definition) is 14. The molecule has 4 aliphatic heterocycles. The fourth-order valence-electron chi connectivity index (χ4n) is 4.42. The van der Waals surface area contributed by atoms with E-state index in [-0.39, 0.29) is 56.5 Å².